The molecule has 0 atom stereocenters. The monoisotopic (exact) mass is 346 g/mol. The highest BCUT2D eigenvalue weighted by molar-refractivity contribution is 6.31. The standard InChI is InChI=1S/C19H23ClN2O2/c1-4-22(13-15-8-6-5-7-9-15)19(23)12-21-17-10-14(2)16(20)11-18(17)24-3/h5-11,21H,4,12-13H2,1-3H3. The number of carbonyl (C=O) groups excluding carboxylic acids is 1. The highest BCUT2D eigenvalue weighted by Crippen LogP contribution is 2.30. The molecule has 0 aromatic heterocycles. The number of anilines is 1. The molecule has 5 heteroatoms. The van der Waals surface area contributed by atoms with Gasteiger partial charge in [-0.2, -0.15) is 0 Å². The van der Waals surface area contributed by atoms with Crippen molar-refractivity contribution in [3.63, 3.8) is 0 Å². The van der Waals surface area contributed by atoms with Crippen LogP contribution in [0.2, 0.25) is 5.02 Å². The Kier molecular flexibility index (Phi) is 6.50. The molecule has 2 aromatic carbocycles. The second kappa shape index (κ2) is 8.60. The van der Waals surface area contributed by atoms with Crippen LogP contribution in [0.3, 0.4) is 0 Å². The van der Waals surface area contributed by atoms with E-state index in [2.05, 4.69) is 5.32 Å². The van der Waals surface area contributed by atoms with E-state index in [1.807, 2.05) is 55.1 Å². The number of likely N-dealkylation sites (N-methyl/N-ethyl adjacent to an activating group) is 1. The lowest BCUT2D eigenvalue weighted by atomic mass is 10.2. The fourth-order valence-corrected chi connectivity index (χ4v) is 2.59. The zero-order valence-corrected chi connectivity index (χ0v) is 15.1. The third-order valence-electron chi connectivity index (χ3n) is 3.86. The summed E-state index contributed by atoms with van der Waals surface area (Å²) >= 11 is 6.11. The molecular formula is C19H23ClN2O2. The van der Waals surface area contributed by atoms with E-state index in [9.17, 15) is 4.79 Å². The molecule has 4 nitrogen and oxygen atoms in total. The number of carbonyl (C=O) groups is 1. The molecular weight excluding hydrogens is 324 g/mol. The van der Waals surface area contributed by atoms with Gasteiger partial charge in [-0.15, -0.1) is 0 Å². The predicted molar refractivity (Wildman–Crippen MR) is 98.8 cm³/mol. The number of halogens is 1. The van der Waals surface area contributed by atoms with E-state index >= 15 is 0 Å². The minimum Gasteiger partial charge on any atom is -0.495 e. The van der Waals surface area contributed by atoms with E-state index in [1.54, 1.807) is 13.2 Å². The van der Waals surface area contributed by atoms with Crippen LogP contribution >= 0.6 is 11.6 Å². The van der Waals surface area contributed by atoms with Gasteiger partial charge in [0.2, 0.25) is 5.91 Å². The molecule has 0 fully saturated rings. The van der Waals surface area contributed by atoms with Gasteiger partial charge in [-0.1, -0.05) is 41.9 Å². The second-order valence-electron chi connectivity index (χ2n) is 5.55. The maximum Gasteiger partial charge on any atom is 0.242 e. The molecule has 0 radical (unpaired) electrons. The van der Waals surface area contributed by atoms with Crippen LogP contribution in [0.5, 0.6) is 5.75 Å². The lowest BCUT2D eigenvalue weighted by Gasteiger charge is -2.22. The second-order valence-corrected chi connectivity index (χ2v) is 5.96. The van der Waals surface area contributed by atoms with Crippen LogP contribution in [0.4, 0.5) is 5.69 Å². The van der Waals surface area contributed by atoms with E-state index in [1.165, 1.54) is 0 Å². The van der Waals surface area contributed by atoms with E-state index in [0.717, 1.165) is 16.8 Å². The largest absolute Gasteiger partial charge is 0.495 e. The SMILES string of the molecule is CCN(Cc1ccccc1)C(=O)CNc1cc(C)c(Cl)cc1OC. The van der Waals surface area contributed by atoms with Crippen molar-refractivity contribution in [1.82, 2.24) is 4.90 Å². The maximum absolute atomic E-state index is 12.5. The number of amides is 1. The summed E-state index contributed by atoms with van der Waals surface area (Å²) in [6, 6.07) is 13.6. The van der Waals surface area contributed by atoms with Crippen molar-refractivity contribution >= 4 is 23.2 Å². The van der Waals surface area contributed by atoms with Gasteiger partial charge in [0.05, 0.1) is 19.3 Å². The summed E-state index contributed by atoms with van der Waals surface area (Å²) in [4.78, 5) is 14.3. The van der Waals surface area contributed by atoms with E-state index in [4.69, 9.17) is 16.3 Å². The number of benzene rings is 2. The van der Waals surface area contributed by atoms with Crippen molar-refractivity contribution in [3.8, 4) is 5.75 Å². The Labute approximate surface area is 148 Å². The van der Waals surface area contributed by atoms with Gasteiger partial charge < -0.3 is 15.0 Å². The molecule has 1 amide bonds. The van der Waals surface area contributed by atoms with Crippen LogP contribution in [-0.4, -0.2) is 31.0 Å². The van der Waals surface area contributed by atoms with Crippen LogP contribution in [-0.2, 0) is 11.3 Å². The number of nitrogens with one attached hydrogen (secondary N) is 1. The average molecular weight is 347 g/mol. The highest BCUT2D eigenvalue weighted by Gasteiger charge is 2.14. The number of hydrogen-bond donors (Lipinski definition) is 1. The van der Waals surface area contributed by atoms with Gasteiger partial charge in [-0.25, -0.2) is 0 Å². The van der Waals surface area contributed by atoms with Gasteiger partial charge in [-0.3, -0.25) is 4.79 Å². The van der Waals surface area contributed by atoms with Crippen LogP contribution in [0.15, 0.2) is 42.5 Å². The first-order valence-corrected chi connectivity index (χ1v) is 8.32. The Morgan fingerprint density at radius 1 is 1.25 bits per heavy atom. The molecule has 24 heavy (non-hydrogen) atoms. The Morgan fingerprint density at radius 2 is 1.96 bits per heavy atom. The van der Waals surface area contributed by atoms with Crippen molar-refractivity contribution in [2.75, 3.05) is 25.5 Å². The Bertz CT molecular complexity index is 689. The highest BCUT2D eigenvalue weighted by atomic mass is 35.5. The summed E-state index contributed by atoms with van der Waals surface area (Å²) in [5, 5.41) is 3.80. The van der Waals surface area contributed by atoms with Crippen LogP contribution < -0.4 is 10.1 Å². The first-order valence-electron chi connectivity index (χ1n) is 7.94. The van der Waals surface area contributed by atoms with E-state index in [0.29, 0.717) is 23.9 Å². The zero-order chi connectivity index (χ0) is 17.5. The molecule has 0 aliphatic heterocycles. The predicted octanol–water partition coefficient (Wildman–Crippen LogP) is 4.12. The number of aryl methyl sites for hydroxylation is 1. The quantitative estimate of drug-likeness (QED) is 0.820. The average Bonchev–Trinajstić information content (AvgIpc) is 2.60. The van der Waals surface area contributed by atoms with Gasteiger partial charge in [-0.05, 0) is 31.0 Å². The molecule has 0 saturated carbocycles. The lowest BCUT2D eigenvalue weighted by molar-refractivity contribution is -0.129. The van der Waals surface area contributed by atoms with E-state index in [-0.39, 0.29) is 12.5 Å². The van der Waals surface area contributed by atoms with E-state index < -0.39 is 0 Å². The Balaban J connectivity index is 2.02. The summed E-state index contributed by atoms with van der Waals surface area (Å²) in [5.41, 5.74) is 2.82. The molecule has 128 valence electrons. The van der Waals surface area contributed by atoms with Crippen molar-refractivity contribution in [2.45, 2.75) is 20.4 Å². The van der Waals surface area contributed by atoms with Crippen molar-refractivity contribution < 1.29 is 9.53 Å². The molecule has 0 aliphatic rings. The first-order chi connectivity index (χ1) is 11.5. The third kappa shape index (κ3) is 4.65. The van der Waals surface area contributed by atoms with Crippen molar-refractivity contribution in [2.24, 2.45) is 0 Å². The Morgan fingerprint density at radius 3 is 2.58 bits per heavy atom. The topological polar surface area (TPSA) is 41.6 Å². The fraction of sp³-hybridized carbons (Fsp3) is 0.316. The molecule has 0 aliphatic carbocycles. The normalized spacial score (nSPS) is 10.3. The summed E-state index contributed by atoms with van der Waals surface area (Å²) in [6.45, 7) is 5.37. The van der Waals surface area contributed by atoms with Crippen LogP contribution in [0.25, 0.3) is 0 Å². The number of methoxy groups -OCH3 is 1. The van der Waals surface area contributed by atoms with Crippen LogP contribution in [0, 0.1) is 6.92 Å². The van der Waals surface area contributed by atoms with Crippen LogP contribution in [0.1, 0.15) is 18.1 Å². The molecule has 0 saturated heterocycles. The minimum atomic E-state index is 0.0380. The summed E-state index contributed by atoms with van der Waals surface area (Å²) in [7, 11) is 1.59. The summed E-state index contributed by atoms with van der Waals surface area (Å²) in [5.74, 6) is 0.667. The van der Waals surface area contributed by atoms with Gasteiger partial charge in [0, 0.05) is 24.2 Å². The number of rotatable bonds is 7. The number of hydrogen-bond acceptors (Lipinski definition) is 3. The summed E-state index contributed by atoms with van der Waals surface area (Å²) < 4.78 is 5.32. The molecule has 0 spiro atoms. The fourth-order valence-electron chi connectivity index (χ4n) is 2.43. The van der Waals surface area contributed by atoms with Gasteiger partial charge in [0.15, 0.2) is 0 Å². The summed E-state index contributed by atoms with van der Waals surface area (Å²) in [6.07, 6.45) is 0. The molecule has 0 heterocycles. The van der Waals surface area contributed by atoms with Crippen molar-refractivity contribution in [1.29, 1.82) is 0 Å². The third-order valence-corrected chi connectivity index (χ3v) is 4.27. The maximum atomic E-state index is 12.5. The minimum absolute atomic E-state index is 0.0380. The van der Waals surface area contributed by atoms with Gasteiger partial charge in [0.1, 0.15) is 5.75 Å². The molecule has 0 bridgehead atoms. The Hall–Kier alpha value is -2.20. The number of ether oxygens (including phenoxy) is 1. The molecule has 2 rings (SSSR count). The zero-order valence-electron chi connectivity index (χ0n) is 14.3. The van der Waals surface area contributed by atoms with Crippen molar-refractivity contribution in [3.05, 3.63) is 58.6 Å². The molecule has 0 unspecified atom stereocenters. The molecule has 2 aromatic rings. The smallest absolute Gasteiger partial charge is 0.242 e. The molecule has 1 N–H and O–H groups in total. The first kappa shape index (κ1) is 18.1. The van der Waals surface area contributed by atoms with Gasteiger partial charge in [0.25, 0.3) is 0 Å². The number of nitrogens with zero attached hydrogens (tertiary/aromatic N) is 1. The lowest BCUT2D eigenvalue weighted by Crippen LogP contribution is -2.35. The van der Waals surface area contributed by atoms with Gasteiger partial charge >= 0.3 is 0 Å².